The van der Waals surface area contributed by atoms with Crippen LogP contribution in [0.15, 0.2) is 23.4 Å². The zero-order valence-corrected chi connectivity index (χ0v) is 14.7. The van der Waals surface area contributed by atoms with Gasteiger partial charge in [-0.25, -0.2) is 4.98 Å². The van der Waals surface area contributed by atoms with E-state index in [1.54, 1.807) is 22.9 Å². The molecule has 0 unspecified atom stereocenters. The van der Waals surface area contributed by atoms with Gasteiger partial charge < -0.3 is 22.0 Å². The second-order valence-electron chi connectivity index (χ2n) is 5.17. The van der Waals surface area contributed by atoms with E-state index in [-0.39, 0.29) is 12.4 Å². The first-order chi connectivity index (χ1) is 9.86. The highest BCUT2D eigenvalue weighted by Crippen LogP contribution is 2.24. The van der Waals surface area contributed by atoms with Crippen LogP contribution in [0.5, 0.6) is 0 Å². The summed E-state index contributed by atoms with van der Waals surface area (Å²) in [5, 5.41) is 1.74. The van der Waals surface area contributed by atoms with Crippen molar-refractivity contribution in [2.45, 2.75) is 30.7 Å². The molecule has 3 nitrogen and oxygen atoms in total. The minimum Gasteiger partial charge on any atom is -1.00 e. The Balaban J connectivity index is 0.00000220. The summed E-state index contributed by atoms with van der Waals surface area (Å²) in [6.07, 6.45) is 7.03. The number of nitrogens with zero attached hydrogens (tertiary/aromatic N) is 1. The summed E-state index contributed by atoms with van der Waals surface area (Å²) in [7, 11) is 0. The number of rotatable bonds is 8. The van der Waals surface area contributed by atoms with E-state index in [0.717, 1.165) is 29.0 Å². The smallest absolute Gasteiger partial charge is 0.115 e. The number of hydrogen-bond donors (Lipinski definition) is 1. The summed E-state index contributed by atoms with van der Waals surface area (Å²) in [5.74, 6) is 1.11. The predicted molar refractivity (Wildman–Crippen MR) is 84.8 cm³/mol. The molecule has 0 spiro atoms. The van der Waals surface area contributed by atoms with Crippen LogP contribution in [0.1, 0.15) is 25.7 Å². The van der Waals surface area contributed by atoms with E-state index in [0.29, 0.717) is 0 Å². The summed E-state index contributed by atoms with van der Waals surface area (Å²) in [5.41, 5.74) is 0. The van der Waals surface area contributed by atoms with Crippen LogP contribution >= 0.6 is 23.4 Å². The summed E-state index contributed by atoms with van der Waals surface area (Å²) in [4.78, 5) is 6.00. The molecule has 0 radical (unpaired) electrons. The van der Waals surface area contributed by atoms with E-state index in [1.807, 2.05) is 12.1 Å². The molecule has 0 atom stereocenters. The minimum atomic E-state index is 0. The molecule has 0 aromatic carbocycles. The maximum Gasteiger partial charge on any atom is 0.115 e. The van der Waals surface area contributed by atoms with E-state index < -0.39 is 0 Å². The largest absolute Gasteiger partial charge is 1.00 e. The fourth-order valence-electron chi connectivity index (χ4n) is 2.39. The summed E-state index contributed by atoms with van der Waals surface area (Å²) in [6.45, 7) is 5.57. The summed E-state index contributed by atoms with van der Waals surface area (Å²) in [6, 6.07) is 3.78. The van der Waals surface area contributed by atoms with Gasteiger partial charge in [-0.2, -0.15) is 0 Å². The second-order valence-corrected chi connectivity index (χ2v) is 6.66. The van der Waals surface area contributed by atoms with Gasteiger partial charge in [-0.1, -0.05) is 18.0 Å². The van der Waals surface area contributed by atoms with Crippen LogP contribution in [0, 0.1) is 0 Å². The third-order valence-corrected chi connectivity index (χ3v) is 5.10. The van der Waals surface area contributed by atoms with E-state index >= 15 is 0 Å². The lowest BCUT2D eigenvalue weighted by molar-refractivity contribution is -0.908. The molecule has 0 bridgehead atoms. The van der Waals surface area contributed by atoms with Crippen molar-refractivity contribution in [3.63, 3.8) is 0 Å². The molecule has 6 heteroatoms. The Morgan fingerprint density at radius 2 is 1.95 bits per heavy atom. The van der Waals surface area contributed by atoms with Crippen molar-refractivity contribution in [2.75, 3.05) is 38.6 Å². The molecule has 1 aliphatic heterocycles. The monoisotopic (exact) mass is 350 g/mol. The van der Waals surface area contributed by atoms with Crippen molar-refractivity contribution in [3.05, 3.63) is 23.4 Å². The molecule has 1 saturated heterocycles. The first kappa shape index (κ1) is 19.0. The number of pyridine rings is 1. The van der Waals surface area contributed by atoms with Crippen LogP contribution in [0.4, 0.5) is 0 Å². The molecule has 1 aromatic rings. The zero-order chi connectivity index (χ0) is 14.0. The number of hydrogen-bond acceptors (Lipinski definition) is 3. The Labute approximate surface area is 143 Å². The molecular weight excluding hydrogens is 327 g/mol. The molecule has 0 saturated carbocycles. The highest BCUT2D eigenvalue weighted by molar-refractivity contribution is 7.99. The molecule has 0 aliphatic carbocycles. The van der Waals surface area contributed by atoms with Crippen molar-refractivity contribution in [1.82, 2.24) is 4.98 Å². The van der Waals surface area contributed by atoms with Crippen molar-refractivity contribution in [2.24, 2.45) is 0 Å². The molecule has 2 rings (SSSR count). The van der Waals surface area contributed by atoms with E-state index in [4.69, 9.17) is 16.3 Å². The van der Waals surface area contributed by atoms with Crippen LogP contribution in [0.2, 0.25) is 5.02 Å². The van der Waals surface area contributed by atoms with Crippen LogP contribution in [0.3, 0.4) is 0 Å². The maximum atomic E-state index is 6.08. The van der Waals surface area contributed by atoms with Gasteiger partial charge in [0.1, 0.15) is 18.1 Å². The van der Waals surface area contributed by atoms with Crippen LogP contribution < -0.4 is 17.3 Å². The molecule has 0 amide bonds. The normalized spacial score (nSPS) is 15.7. The summed E-state index contributed by atoms with van der Waals surface area (Å²) >= 11 is 7.84. The van der Waals surface area contributed by atoms with Gasteiger partial charge in [-0.15, -0.1) is 11.8 Å². The molecule has 21 heavy (non-hydrogen) atoms. The minimum absolute atomic E-state index is 0. The van der Waals surface area contributed by atoms with Gasteiger partial charge in [-0.05, 0) is 37.1 Å². The van der Waals surface area contributed by atoms with Gasteiger partial charge in [0.15, 0.2) is 0 Å². The predicted octanol–water partition coefficient (Wildman–Crippen LogP) is -0.693. The number of halogens is 2. The van der Waals surface area contributed by atoms with Gasteiger partial charge in [0.05, 0.1) is 24.8 Å². The Kier molecular flexibility index (Phi) is 10.5. The Morgan fingerprint density at radius 1 is 1.19 bits per heavy atom. The van der Waals surface area contributed by atoms with Crippen molar-refractivity contribution >= 4 is 23.4 Å². The van der Waals surface area contributed by atoms with Crippen LogP contribution in [-0.2, 0) is 4.74 Å². The van der Waals surface area contributed by atoms with E-state index in [2.05, 4.69) is 4.98 Å². The number of unbranched alkanes of at least 4 members (excludes halogenated alkanes) is 3. The molecular formula is C15H24Cl2N2OS. The molecule has 1 fully saturated rings. The Bertz CT molecular complexity index is 390. The number of ether oxygens (including phenoxy) is 1. The summed E-state index contributed by atoms with van der Waals surface area (Å²) < 4.78 is 5.37. The number of thioether (sulfide) groups is 1. The highest BCUT2D eigenvalue weighted by atomic mass is 35.5. The Morgan fingerprint density at radius 3 is 2.71 bits per heavy atom. The van der Waals surface area contributed by atoms with Gasteiger partial charge in [0.2, 0.25) is 0 Å². The van der Waals surface area contributed by atoms with E-state index in [1.165, 1.54) is 45.3 Å². The van der Waals surface area contributed by atoms with Crippen molar-refractivity contribution < 1.29 is 22.0 Å². The van der Waals surface area contributed by atoms with Gasteiger partial charge in [-0.3, -0.25) is 0 Å². The fourth-order valence-corrected chi connectivity index (χ4v) is 3.56. The fraction of sp³-hybridized carbons (Fsp3) is 0.667. The first-order valence-corrected chi connectivity index (χ1v) is 8.87. The standard InChI is InChI=1S/C15H23ClN2OS.ClH/c16-14-6-5-7-17-15(14)20-13-4-2-1-3-8-18-9-11-19-12-10-18;/h5-7H,1-4,8-13H2;1H. The molecule has 1 aromatic heterocycles. The average molecular weight is 351 g/mol. The third kappa shape index (κ3) is 7.71. The highest BCUT2D eigenvalue weighted by Gasteiger charge is 2.12. The first-order valence-electron chi connectivity index (χ1n) is 7.51. The second kappa shape index (κ2) is 11.6. The SMILES string of the molecule is Clc1cccnc1SCCCCCC[NH+]1CCOCC1.[Cl-]. The lowest BCUT2D eigenvalue weighted by Gasteiger charge is -2.23. The van der Waals surface area contributed by atoms with Crippen LogP contribution in [-0.4, -0.2) is 43.6 Å². The van der Waals surface area contributed by atoms with Crippen molar-refractivity contribution in [3.8, 4) is 0 Å². The maximum absolute atomic E-state index is 6.08. The lowest BCUT2D eigenvalue weighted by atomic mass is 10.2. The van der Waals surface area contributed by atoms with Crippen molar-refractivity contribution in [1.29, 1.82) is 0 Å². The topological polar surface area (TPSA) is 26.6 Å². The quantitative estimate of drug-likeness (QED) is 0.496. The van der Waals surface area contributed by atoms with Gasteiger partial charge in [0, 0.05) is 6.20 Å². The average Bonchev–Trinajstić information content (AvgIpc) is 2.49. The number of morpholine rings is 1. The number of quaternary nitrogens is 1. The molecule has 120 valence electrons. The van der Waals surface area contributed by atoms with Gasteiger partial charge >= 0.3 is 0 Å². The van der Waals surface area contributed by atoms with E-state index in [9.17, 15) is 0 Å². The number of nitrogens with one attached hydrogen (secondary N) is 1. The molecule has 1 aliphatic rings. The molecule has 1 N–H and O–H groups in total. The Hall–Kier alpha value is -0.0000000000000000555. The molecule has 2 heterocycles. The number of aromatic nitrogens is 1. The van der Waals surface area contributed by atoms with Crippen LogP contribution in [0.25, 0.3) is 0 Å². The third-order valence-electron chi connectivity index (χ3n) is 3.59. The lowest BCUT2D eigenvalue weighted by Crippen LogP contribution is -3.14. The zero-order valence-electron chi connectivity index (χ0n) is 12.3. The van der Waals surface area contributed by atoms with Gasteiger partial charge in [0.25, 0.3) is 0 Å².